The summed E-state index contributed by atoms with van der Waals surface area (Å²) in [7, 11) is 7.44. The van der Waals surface area contributed by atoms with Crippen molar-refractivity contribution in [2.24, 2.45) is 0 Å². The third kappa shape index (κ3) is 59.5. The zero-order valence-corrected chi connectivity index (χ0v) is 65.3. The number of rotatable bonds is 36. The number of ether oxygens (including phenoxy) is 13. The van der Waals surface area contributed by atoms with Crippen molar-refractivity contribution < 1.29 is 129 Å². The molecule has 2 amide bonds. The largest absolute Gasteiger partial charge is 0.466 e. The summed E-state index contributed by atoms with van der Waals surface area (Å²) in [5, 5.41) is 0. The summed E-state index contributed by atoms with van der Waals surface area (Å²) in [4.78, 5) is 167. The van der Waals surface area contributed by atoms with Gasteiger partial charge in [-0.05, 0) is 163 Å². The van der Waals surface area contributed by atoms with Gasteiger partial charge < -0.3 is 81.2 Å². The third-order valence-electron chi connectivity index (χ3n) is 16.3. The number of likely N-dealkylation sites (tertiary alicyclic amines) is 4. The van der Waals surface area contributed by atoms with Crippen molar-refractivity contribution >= 4 is 83.4 Å². The fourth-order valence-electron chi connectivity index (χ4n) is 10.2. The molecule has 33 heteroatoms. The van der Waals surface area contributed by atoms with Crippen molar-refractivity contribution in [2.75, 3.05) is 200 Å². The molecule has 0 saturated carbocycles. The summed E-state index contributed by atoms with van der Waals surface area (Å²) < 4.78 is 60.6. The van der Waals surface area contributed by atoms with Crippen LogP contribution in [0.3, 0.4) is 0 Å². The van der Waals surface area contributed by atoms with E-state index in [1.165, 1.54) is 118 Å². The molecule has 5 fully saturated rings. The summed E-state index contributed by atoms with van der Waals surface area (Å²) in [6.45, 7) is 21.5. The van der Waals surface area contributed by atoms with Gasteiger partial charge in [-0.15, -0.1) is 0 Å². The predicted octanol–water partition coefficient (Wildman–Crippen LogP) is 4.56. The van der Waals surface area contributed by atoms with E-state index in [2.05, 4.69) is 52.8 Å². The summed E-state index contributed by atoms with van der Waals surface area (Å²) in [5.41, 5.74) is 0. The fourth-order valence-corrected chi connectivity index (χ4v) is 10.2. The van der Waals surface area contributed by atoms with Gasteiger partial charge in [0.15, 0.2) is 13.2 Å². The summed E-state index contributed by atoms with van der Waals surface area (Å²) >= 11 is 0. The molecule has 0 aromatic carbocycles. The van der Waals surface area contributed by atoms with Crippen molar-refractivity contribution in [3.8, 4) is 0 Å². The Morgan fingerprint density at radius 3 is 0.899 bits per heavy atom. The van der Waals surface area contributed by atoms with E-state index in [0.717, 1.165) is 209 Å². The number of piperidine rings is 4. The lowest BCUT2D eigenvalue weighted by Gasteiger charge is -2.26. The Bertz CT molecular complexity index is 2830. The molecule has 0 bridgehead atoms. The van der Waals surface area contributed by atoms with Gasteiger partial charge >= 0.3 is 71.6 Å². The molecule has 0 spiro atoms. The lowest BCUT2D eigenvalue weighted by molar-refractivity contribution is -0.148. The molecular weight excluding hydrogens is 1430 g/mol. The number of likely N-dealkylation sites (N-methyl/N-ethyl adjacent to an activating group) is 1. The molecule has 0 unspecified atom stereocenters. The van der Waals surface area contributed by atoms with Gasteiger partial charge in [0.2, 0.25) is 0 Å². The van der Waals surface area contributed by atoms with Crippen LogP contribution in [-0.2, 0) is 129 Å². The van der Waals surface area contributed by atoms with Crippen LogP contribution in [0.2, 0.25) is 0 Å². The molecule has 0 aromatic rings. The Kier molecular flexibility index (Phi) is 62.4. The molecular formula is C76H120N6O27. The number of hydrogen-bond acceptors (Lipinski definition) is 31. The van der Waals surface area contributed by atoms with E-state index in [0.29, 0.717) is 52.6 Å². The fraction of sp³-hybridized carbons (Fsp3) is 0.658. The molecule has 5 saturated heterocycles. The number of carbonyl (C=O) groups excluding carboxylic acids is 14. The van der Waals surface area contributed by atoms with Crippen LogP contribution in [0.4, 0.5) is 0 Å². The molecule has 0 aromatic heterocycles. The van der Waals surface area contributed by atoms with Gasteiger partial charge in [0.05, 0.1) is 75.7 Å². The number of hydrogen-bond donors (Lipinski definition) is 0. The van der Waals surface area contributed by atoms with Crippen LogP contribution >= 0.6 is 0 Å². The molecule has 0 aliphatic carbocycles. The van der Waals surface area contributed by atoms with Crippen molar-refractivity contribution in [1.29, 1.82) is 0 Å². The quantitative estimate of drug-likeness (QED) is 0.0359. The van der Waals surface area contributed by atoms with Crippen molar-refractivity contribution in [2.45, 2.75) is 129 Å². The van der Waals surface area contributed by atoms with Crippen LogP contribution in [0.15, 0.2) is 72.9 Å². The Labute approximate surface area is 641 Å². The molecule has 616 valence electrons. The first kappa shape index (κ1) is 99.8. The van der Waals surface area contributed by atoms with Gasteiger partial charge in [0.25, 0.3) is 11.8 Å². The second kappa shape index (κ2) is 68.1. The zero-order chi connectivity index (χ0) is 80.9. The van der Waals surface area contributed by atoms with E-state index < -0.39 is 71.6 Å². The van der Waals surface area contributed by atoms with E-state index in [9.17, 15) is 67.1 Å². The number of nitrogens with zero attached hydrogens (tertiary/aromatic N) is 6. The average Bonchev–Trinajstić information content (AvgIpc) is 0.925. The second-order valence-electron chi connectivity index (χ2n) is 24.3. The molecule has 109 heavy (non-hydrogen) atoms. The average molecular weight is 1550 g/mol. The van der Waals surface area contributed by atoms with E-state index in [4.69, 9.17) is 28.4 Å². The molecule has 5 rings (SSSR count). The Morgan fingerprint density at radius 2 is 0.550 bits per heavy atom. The van der Waals surface area contributed by atoms with E-state index in [-0.39, 0.29) is 25.0 Å². The van der Waals surface area contributed by atoms with Crippen molar-refractivity contribution in [1.82, 2.24) is 29.4 Å². The highest BCUT2D eigenvalue weighted by Crippen LogP contribution is 2.13. The summed E-state index contributed by atoms with van der Waals surface area (Å²) in [6.07, 6.45) is 32.6. The number of unbranched alkanes of at least 4 members (excludes halogenated alkanes) is 3. The lowest BCUT2D eigenvalue weighted by Crippen LogP contribution is -2.38. The number of amides is 2. The third-order valence-corrected chi connectivity index (χ3v) is 16.3. The molecule has 5 heterocycles. The van der Waals surface area contributed by atoms with Crippen LogP contribution in [0.5, 0.6) is 0 Å². The highest BCUT2D eigenvalue weighted by atomic mass is 16.6. The van der Waals surface area contributed by atoms with Gasteiger partial charge in [-0.2, -0.15) is 0 Å². The van der Waals surface area contributed by atoms with Gasteiger partial charge in [-0.1, -0.05) is 19.3 Å². The monoisotopic (exact) mass is 1550 g/mol. The minimum Gasteiger partial charge on any atom is -0.466 e. The van der Waals surface area contributed by atoms with Gasteiger partial charge in [-0.25, -0.2) is 57.5 Å². The Hall–Kier alpha value is -9.18. The first-order valence-corrected chi connectivity index (χ1v) is 37.2. The first-order valence-electron chi connectivity index (χ1n) is 37.2. The SMILES string of the molecule is CCN(CC)C(=O)COC(=O)/C=C/C(=O)OC.COC(=O)/C=C/C(=O)OCC(=O)N1CCCCC1.COC(=O)/C=C/C(=O)OCCCCCN1CCOCC1.COC(=O)/C=C/C(=O)OCCCCN1CCCCC1.COC(=O)/C=C/C(=O)OCCCN1CCCCC1.COC(=O)/C=C/C(=O)OCCN1CCCCC1. The van der Waals surface area contributed by atoms with E-state index >= 15 is 0 Å². The lowest BCUT2D eigenvalue weighted by atomic mass is 10.1. The maximum Gasteiger partial charge on any atom is 0.331 e. The molecule has 0 N–H and O–H groups in total. The van der Waals surface area contributed by atoms with Crippen LogP contribution in [0.25, 0.3) is 0 Å². The smallest absolute Gasteiger partial charge is 0.331 e. The maximum atomic E-state index is 11.6. The van der Waals surface area contributed by atoms with Crippen molar-refractivity contribution in [3.05, 3.63) is 72.9 Å². The van der Waals surface area contributed by atoms with Crippen LogP contribution < -0.4 is 0 Å². The summed E-state index contributed by atoms with van der Waals surface area (Å²) in [5.74, 6) is -7.50. The Morgan fingerprint density at radius 1 is 0.284 bits per heavy atom. The molecule has 5 aliphatic rings. The van der Waals surface area contributed by atoms with E-state index in [1.807, 2.05) is 13.8 Å². The highest BCUT2D eigenvalue weighted by Gasteiger charge is 2.19. The molecule has 5 aliphatic heterocycles. The molecule has 33 nitrogen and oxygen atoms in total. The highest BCUT2D eigenvalue weighted by molar-refractivity contribution is 5.95. The van der Waals surface area contributed by atoms with E-state index in [1.54, 1.807) is 4.90 Å². The minimum atomic E-state index is -0.754. The first-order chi connectivity index (χ1) is 52.6. The maximum absolute atomic E-state index is 11.6. The van der Waals surface area contributed by atoms with Gasteiger partial charge in [0, 0.05) is 125 Å². The molecule has 0 radical (unpaired) electrons. The van der Waals surface area contributed by atoms with Crippen LogP contribution in [0, 0.1) is 0 Å². The number of morpholine rings is 1. The number of carbonyl (C=O) groups is 14. The zero-order valence-electron chi connectivity index (χ0n) is 65.3. The standard InChI is InChI=1S/C14H23NO5.C14H23NO4.C13H21NO4.C12H17NO5.C12H19NO4.C11H17NO5/c1-18-13(16)5-6-14(17)20-10-4-2-3-7-15-8-11-19-12-9-15;1-18-13(16)7-8-14(17)19-12-6-5-11-15-9-3-2-4-10-15;1-17-12(15)6-7-13(16)18-11-5-10-14-8-3-2-4-9-14;1-17-11(15)5-6-12(16)18-9-10(14)13-7-3-2-4-8-13;1-16-11(14)5-6-12(15)17-10-9-13-7-3-2-4-8-13;1-4-12(5-2)9(13)8-17-11(15)7-6-10(14)16-3/h5-6H,2-4,7-12H2,1H3;7-8H,2-6,9-12H2,1H3;6-7H,2-5,8-11H2,1H3;5-6H,2-4,7-9H2,1H3;5-6H,2-4,7-10H2,1H3;6-7H,4-5,8H2,1-3H3/b6-5+;8-7+;7-6+;2*6-5+;7-6+. The normalized spacial score (nSPS) is 15.4. The van der Waals surface area contributed by atoms with Crippen LogP contribution in [0.1, 0.15) is 129 Å². The van der Waals surface area contributed by atoms with Gasteiger partial charge in [-0.3, -0.25) is 19.4 Å². The summed E-state index contributed by atoms with van der Waals surface area (Å²) in [6, 6.07) is 0. The molecule has 0 atom stereocenters. The topological polar surface area (TPSA) is 378 Å². The van der Waals surface area contributed by atoms with Crippen molar-refractivity contribution in [3.63, 3.8) is 0 Å². The van der Waals surface area contributed by atoms with Crippen LogP contribution in [-0.4, -0.2) is 313 Å². The predicted molar refractivity (Wildman–Crippen MR) is 397 cm³/mol. The number of methoxy groups -OCH3 is 6. The van der Waals surface area contributed by atoms with Gasteiger partial charge in [0.1, 0.15) is 6.61 Å². The minimum absolute atomic E-state index is 0.200. The second-order valence-corrected chi connectivity index (χ2v) is 24.3. The Balaban J connectivity index is 0.00000129. The number of esters is 12.